The second-order valence-corrected chi connectivity index (χ2v) is 10.0. The van der Waals surface area contributed by atoms with Gasteiger partial charge in [-0.05, 0) is 35.7 Å². The summed E-state index contributed by atoms with van der Waals surface area (Å²) in [4.78, 5) is 12.8. The first-order valence-corrected chi connectivity index (χ1v) is 11.7. The van der Waals surface area contributed by atoms with Crippen LogP contribution in [-0.4, -0.2) is 49.1 Å². The lowest BCUT2D eigenvalue weighted by Crippen LogP contribution is -2.39. The van der Waals surface area contributed by atoms with Crippen LogP contribution in [0.5, 0.6) is 0 Å². The first-order valence-electron chi connectivity index (χ1n) is 8.54. The van der Waals surface area contributed by atoms with Crippen LogP contribution in [0.25, 0.3) is 10.8 Å². The van der Waals surface area contributed by atoms with E-state index < -0.39 is 16.0 Å². The molecule has 4 rings (SSSR count). The molecule has 1 aliphatic rings. The van der Waals surface area contributed by atoms with Crippen molar-refractivity contribution in [1.29, 1.82) is 0 Å². The minimum absolute atomic E-state index is 0.0187. The monoisotopic (exact) mass is 439 g/mol. The van der Waals surface area contributed by atoms with Crippen LogP contribution in [0.15, 0.2) is 38.3 Å². The highest BCUT2D eigenvalue weighted by atomic mass is 32.2. The molecular weight excluding hydrogens is 422 g/mol. The molecule has 3 aromatic rings. The van der Waals surface area contributed by atoms with Crippen LogP contribution >= 0.6 is 22.7 Å². The number of carbonyl (C=O) groups is 1. The van der Waals surface area contributed by atoms with E-state index in [2.05, 4.69) is 10.2 Å². The molecule has 28 heavy (non-hydrogen) atoms. The third-order valence-corrected chi connectivity index (χ3v) is 8.31. The van der Waals surface area contributed by atoms with Crippen molar-refractivity contribution in [2.45, 2.75) is 23.7 Å². The topological polar surface area (TPSA) is 103 Å². The number of thiophene rings is 2. The predicted molar refractivity (Wildman–Crippen MR) is 104 cm³/mol. The molecule has 0 spiro atoms. The van der Waals surface area contributed by atoms with Gasteiger partial charge < -0.3 is 9.15 Å². The molecule has 0 amide bonds. The number of piperidine rings is 1. The van der Waals surface area contributed by atoms with Gasteiger partial charge in [0.1, 0.15) is 9.77 Å². The van der Waals surface area contributed by atoms with Crippen LogP contribution in [0, 0.1) is 0 Å². The highest BCUT2D eigenvalue weighted by Crippen LogP contribution is 2.33. The standard InChI is InChI=1S/C17H17N3O5S3/c1-24-17(21)14-13(6-9-27-14)28(22,23)20-7-2-4-11(10-20)15-18-19-16(25-15)12-5-3-8-26-12/h3,5-6,8-9,11H,2,4,7,10H2,1H3/t11-/m1/s1. The summed E-state index contributed by atoms with van der Waals surface area (Å²) in [6.45, 7) is 0.603. The summed E-state index contributed by atoms with van der Waals surface area (Å²) in [7, 11) is -2.59. The Balaban J connectivity index is 1.57. The minimum Gasteiger partial charge on any atom is -0.465 e. The SMILES string of the molecule is COC(=O)c1sccc1S(=O)(=O)N1CCC[C@@H](c2nnc(-c3cccs3)o2)C1. The quantitative estimate of drug-likeness (QED) is 0.562. The van der Waals surface area contributed by atoms with Gasteiger partial charge in [0.05, 0.1) is 17.9 Å². The minimum atomic E-state index is -3.83. The molecule has 11 heteroatoms. The van der Waals surface area contributed by atoms with Crippen molar-refractivity contribution in [3.63, 3.8) is 0 Å². The number of hydrogen-bond donors (Lipinski definition) is 0. The Morgan fingerprint density at radius 3 is 2.89 bits per heavy atom. The van der Waals surface area contributed by atoms with E-state index in [1.165, 1.54) is 28.8 Å². The summed E-state index contributed by atoms with van der Waals surface area (Å²) in [6, 6.07) is 5.24. The molecule has 0 saturated carbocycles. The fourth-order valence-electron chi connectivity index (χ4n) is 3.14. The Morgan fingerprint density at radius 1 is 1.29 bits per heavy atom. The maximum atomic E-state index is 13.1. The first-order chi connectivity index (χ1) is 13.5. The Bertz CT molecular complexity index is 1070. The summed E-state index contributed by atoms with van der Waals surface area (Å²) >= 11 is 2.55. The normalized spacial score (nSPS) is 18.2. The molecule has 3 aromatic heterocycles. The molecule has 0 aliphatic carbocycles. The van der Waals surface area contributed by atoms with Gasteiger partial charge in [-0.2, -0.15) is 4.31 Å². The van der Waals surface area contributed by atoms with E-state index in [0.29, 0.717) is 24.7 Å². The third kappa shape index (κ3) is 3.50. The average molecular weight is 440 g/mol. The van der Waals surface area contributed by atoms with Gasteiger partial charge in [0, 0.05) is 13.1 Å². The first kappa shape index (κ1) is 19.2. The molecule has 8 nitrogen and oxygen atoms in total. The molecule has 1 atom stereocenters. The zero-order chi connectivity index (χ0) is 19.7. The molecule has 1 aliphatic heterocycles. The van der Waals surface area contributed by atoms with Crippen molar-refractivity contribution in [2.75, 3.05) is 20.2 Å². The smallest absolute Gasteiger partial charge is 0.349 e. The van der Waals surface area contributed by atoms with E-state index in [1.54, 1.807) is 5.38 Å². The van der Waals surface area contributed by atoms with Crippen molar-refractivity contribution in [3.05, 3.63) is 39.7 Å². The molecule has 148 valence electrons. The molecule has 0 radical (unpaired) electrons. The van der Waals surface area contributed by atoms with E-state index >= 15 is 0 Å². The van der Waals surface area contributed by atoms with Crippen LogP contribution in [0.3, 0.4) is 0 Å². The highest BCUT2D eigenvalue weighted by molar-refractivity contribution is 7.89. The Kier molecular flexibility index (Phi) is 5.32. The molecule has 1 saturated heterocycles. The lowest BCUT2D eigenvalue weighted by atomic mass is 10.00. The number of esters is 1. The van der Waals surface area contributed by atoms with E-state index in [1.807, 2.05) is 17.5 Å². The van der Waals surface area contributed by atoms with Gasteiger partial charge in [-0.25, -0.2) is 13.2 Å². The molecule has 0 aromatic carbocycles. The fraction of sp³-hybridized carbons (Fsp3) is 0.353. The average Bonchev–Trinajstić information content (AvgIpc) is 3.48. The van der Waals surface area contributed by atoms with Crippen molar-refractivity contribution in [2.24, 2.45) is 0 Å². The van der Waals surface area contributed by atoms with Gasteiger partial charge in [-0.3, -0.25) is 0 Å². The van der Waals surface area contributed by atoms with Crippen LogP contribution in [0.4, 0.5) is 0 Å². The second-order valence-electron chi connectivity index (χ2n) is 6.23. The highest BCUT2D eigenvalue weighted by Gasteiger charge is 2.36. The van der Waals surface area contributed by atoms with Crippen LogP contribution < -0.4 is 0 Å². The number of methoxy groups -OCH3 is 1. The largest absolute Gasteiger partial charge is 0.465 e. The maximum absolute atomic E-state index is 13.1. The van der Waals surface area contributed by atoms with E-state index in [4.69, 9.17) is 9.15 Å². The van der Waals surface area contributed by atoms with Gasteiger partial charge in [-0.1, -0.05) is 6.07 Å². The fourth-order valence-corrected chi connectivity index (χ4v) is 6.62. The number of rotatable bonds is 5. The van der Waals surface area contributed by atoms with Crippen LogP contribution in [-0.2, 0) is 14.8 Å². The van der Waals surface area contributed by atoms with Crippen molar-refractivity contribution >= 4 is 38.7 Å². The van der Waals surface area contributed by atoms with E-state index in [0.717, 1.165) is 22.6 Å². The molecule has 4 heterocycles. The number of nitrogens with zero attached hydrogens (tertiary/aromatic N) is 3. The molecular formula is C17H17N3O5S3. The van der Waals surface area contributed by atoms with Gasteiger partial charge in [-0.15, -0.1) is 32.9 Å². The maximum Gasteiger partial charge on any atom is 0.349 e. The van der Waals surface area contributed by atoms with E-state index in [9.17, 15) is 13.2 Å². The number of aromatic nitrogens is 2. The number of sulfonamides is 1. The molecule has 0 N–H and O–H groups in total. The number of ether oxygens (including phenoxy) is 1. The summed E-state index contributed by atoms with van der Waals surface area (Å²) in [5.41, 5.74) is 0. The summed E-state index contributed by atoms with van der Waals surface area (Å²) < 4.78 is 38.1. The lowest BCUT2D eigenvalue weighted by molar-refractivity contribution is 0.0602. The molecule has 0 bridgehead atoms. The zero-order valence-electron chi connectivity index (χ0n) is 14.9. The summed E-state index contributed by atoms with van der Waals surface area (Å²) in [6.07, 6.45) is 1.42. The Hall–Kier alpha value is -2.08. The van der Waals surface area contributed by atoms with Crippen LogP contribution in [0.1, 0.15) is 34.3 Å². The van der Waals surface area contributed by atoms with Gasteiger partial charge >= 0.3 is 5.97 Å². The lowest BCUT2D eigenvalue weighted by Gasteiger charge is -2.30. The van der Waals surface area contributed by atoms with Crippen molar-refractivity contribution in [3.8, 4) is 10.8 Å². The predicted octanol–water partition coefficient (Wildman–Crippen LogP) is 3.21. The molecule has 0 unspecified atom stereocenters. The third-order valence-electron chi connectivity index (χ3n) is 4.52. The Labute approximate surface area is 169 Å². The molecule has 1 fully saturated rings. The van der Waals surface area contributed by atoms with Gasteiger partial charge in [0.2, 0.25) is 15.9 Å². The van der Waals surface area contributed by atoms with Gasteiger partial charge in [0.25, 0.3) is 5.89 Å². The summed E-state index contributed by atoms with van der Waals surface area (Å²) in [5, 5.41) is 11.7. The van der Waals surface area contributed by atoms with Crippen molar-refractivity contribution < 1.29 is 22.4 Å². The number of carbonyl (C=O) groups excluding carboxylic acids is 1. The van der Waals surface area contributed by atoms with Crippen molar-refractivity contribution in [1.82, 2.24) is 14.5 Å². The van der Waals surface area contributed by atoms with Crippen LogP contribution in [0.2, 0.25) is 0 Å². The number of hydrogen-bond acceptors (Lipinski definition) is 9. The summed E-state index contributed by atoms with van der Waals surface area (Å²) in [5.74, 6) is 0.0298. The Morgan fingerprint density at radius 2 is 2.14 bits per heavy atom. The van der Waals surface area contributed by atoms with Gasteiger partial charge in [0.15, 0.2) is 0 Å². The zero-order valence-corrected chi connectivity index (χ0v) is 17.3. The van der Waals surface area contributed by atoms with E-state index in [-0.39, 0.29) is 22.2 Å². The second kappa shape index (κ2) is 7.74.